The average molecular weight is 227 g/mol. The molecule has 88 valence electrons. The lowest BCUT2D eigenvalue weighted by molar-refractivity contribution is -0.390. The van der Waals surface area contributed by atoms with Gasteiger partial charge in [-0.15, -0.1) is 0 Å². The predicted molar refractivity (Wildman–Crippen MR) is 55.2 cm³/mol. The predicted octanol–water partition coefficient (Wildman–Crippen LogP) is 1.53. The number of aryl methyl sites for hydroxylation is 1. The van der Waals surface area contributed by atoms with Gasteiger partial charge < -0.3 is 15.2 Å². The van der Waals surface area contributed by atoms with Gasteiger partial charge in [0.05, 0.1) is 22.9 Å². The molecule has 7 nitrogen and oxygen atoms in total. The zero-order valence-electron chi connectivity index (χ0n) is 9.08. The normalized spacial score (nSPS) is 12.4. The van der Waals surface area contributed by atoms with Gasteiger partial charge in [0, 0.05) is 6.42 Å². The molecule has 0 aliphatic carbocycles. The first-order valence-electron chi connectivity index (χ1n) is 4.83. The minimum Gasteiger partial charge on any atom is -0.481 e. The van der Waals surface area contributed by atoms with Gasteiger partial charge in [-0.25, -0.2) is 0 Å². The smallest absolute Gasteiger partial charge is 0.392 e. The first-order valence-corrected chi connectivity index (χ1v) is 4.83. The van der Waals surface area contributed by atoms with Crippen molar-refractivity contribution < 1.29 is 14.8 Å². The number of nitro groups is 1. The summed E-state index contributed by atoms with van der Waals surface area (Å²) in [7, 11) is 0. The Hall–Kier alpha value is -1.92. The van der Waals surface area contributed by atoms with E-state index < -0.39 is 10.9 Å². The number of carboxylic acids is 1. The number of hydrogen-bond acceptors (Lipinski definition) is 4. The number of aromatic nitrogens is 2. The second kappa shape index (κ2) is 4.73. The van der Waals surface area contributed by atoms with Crippen LogP contribution in [0.2, 0.25) is 0 Å². The molecule has 0 aliphatic rings. The topological polar surface area (TPSA) is 98.3 Å². The largest absolute Gasteiger partial charge is 0.481 e. The van der Waals surface area contributed by atoms with E-state index in [4.69, 9.17) is 5.11 Å². The van der Waals surface area contributed by atoms with Crippen molar-refractivity contribution in [3.05, 3.63) is 21.9 Å². The van der Waals surface area contributed by atoms with Crippen molar-refractivity contribution in [1.29, 1.82) is 0 Å². The molecule has 0 aliphatic heterocycles. The lowest BCUT2D eigenvalue weighted by Crippen LogP contribution is -2.08. The first-order chi connectivity index (χ1) is 7.41. The minimum absolute atomic E-state index is 0.0217. The fraction of sp³-hybridized carbons (Fsp3) is 0.556. The Labute approximate surface area is 91.8 Å². The molecule has 0 saturated heterocycles. The van der Waals surface area contributed by atoms with E-state index in [0.29, 0.717) is 12.0 Å². The van der Waals surface area contributed by atoms with Crippen LogP contribution in [0.25, 0.3) is 0 Å². The summed E-state index contributed by atoms with van der Waals surface area (Å²) in [4.78, 5) is 20.4. The fourth-order valence-corrected chi connectivity index (χ4v) is 1.34. The summed E-state index contributed by atoms with van der Waals surface area (Å²) in [6.07, 6.45) is 1.98. The number of carboxylic acid groups (broad SMARTS) is 1. The molecule has 7 heteroatoms. The highest BCUT2D eigenvalue weighted by Gasteiger charge is 2.20. The van der Waals surface area contributed by atoms with Crippen molar-refractivity contribution in [2.24, 2.45) is 0 Å². The SMILES string of the molecule is Cc1cn(C(C)CCC(=O)O)nc1[N+](=O)[O-]. The number of carbonyl (C=O) groups is 1. The molecule has 1 heterocycles. The van der Waals surface area contributed by atoms with Crippen molar-refractivity contribution >= 4 is 11.8 Å². The Balaban J connectivity index is 2.76. The van der Waals surface area contributed by atoms with Gasteiger partial charge in [-0.2, -0.15) is 4.68 Å². The number of rotatable bonds is 5. The van der Waals surface area contributed by atoms with Gasteiger partial charge in [0.1, 0.15) is 0 Å². The van der Waals surface area contributed by atoms with Crippen molar-refractivity contribution in [3.63, 3.8) is 0 Å². The maximum absolute atomic E-state index is 10.6. The number of hydrogen-bond donors (Lipinski definition) is 1. The van der Waals surface area contributed by atoms with Gasteiger partial charge in [0.25, 0.3) is 0 Å². The lowest BCUT2D eigenvalue weighted by atomic mass is 10.2. The maximum Gasteiger partial charge on any atom is 0.392 e. The van der Waals surface area contributed by atoms with Gasteiger partial charge in [0.2, 0.25) is 0 Å². The first kappa shape index (κ1) is 12.2. The molecule has 0 amide bonds. The molecule has 0 radical (unpaired) electrons. The quantitative estimate of drug-likeness (QED) is 0.607. The van der Waals surface area contributed by atoms with Crippen LogP contribution in [0.1, 0.15) is 31.4 Å². The van der Waals surface area contributed by atoms with E-state index in [9.17, 15) is 14.9 Å². The van der Waals surface area contributed by atoms with Gasteiger partial charge in [0.15, 0.2) is 0 Å². The Morgan fingerprint density at radius 2 is 2.38 bits per heavy atom. The molecule has 1 unspecified atom stereocenters. The standard InChI is InChI=1S/C9H13N3O4/c1-6-5-11(10-9(6)12(15)16)7(2)3-4-8(13)14/h5,7H,3-4H2,1-2H3,(H,13,14). The molecular weight excluding hydrogens is 214 g/mol. The van der Waals surface area contributed by atoms with Crippen molar-refractivity contribution in [2.45, 2.75) is 32.7 Å². The number of aliphatic carboxylic acids is 1. The van der Waals surface area contributed by atoms with Crippen LogP contribution in [0.15, 0.2) is 6.20 Å². The minimum atomic E-state index is -0.884. The zero-order chi connectivity index (χ0) is 12.3. The van der Waals surface area contributed by atoms with E-state index in [1.54, 1.807) is 20.0 Å². The van der Waals surface area contributed by atoms with Crippen LogP contribution in [0.5, 0.6) is 0 Å². The fourth-order valence-electron chi connectivity index (χ4n) is 1.34. The molecular formula is C9H13N3O4. The Bertz CT molecular complexity index is 413. The molecule has 0 bridgehead atoms. The van der Waals surface area contributed by atoms with Gasteiger partial charge >= 0.3 is 11.8 Å². The summed E-state index contributed by atoms with van der Waals surface area (Å²) in [6.45, 7) is 3.38. The third-order valence-corrected chi connectivity index (χ3v) is 2.29. The van der Waals surface area contributed by atoms with Crippen LogP contribution in [-0.4, -0.2) is 25.8 Å². The van der Waals surface area contributed by atoms with E-state index in [0.717, 1.165) is 0 Å². The van der Waals surface area contributed by atoms with E-state index >= 15 is 0 Å². The second-order valence-electron chi connectivity index (χ2n) is 3.65. The molecule has 0 aromatic carbocycles. The van der Waals surface area contributed by atoms with E-state index in [2.05, 4.69) is 5.10 Å². The molecule has 16 heavy (non-hydrogen) atoms. The summed E-state index contributed by atoms with van der Waals surface area (Å²) >= 11 is 0. The van der Waals surface area contributed by atoms with Crippen LogP contribution in [0.3, 0.4) is 0 Å². The van der Waals surface area contributed by atoms with E-state index in [-0.39, 0.29) is 18.3 Å². The Kier molecular flexibility index (Phi) is 3.60. The molecule has 1 rings (SSSR count). The van der Waals surface area contributed by atoms with Gasteiger partial charge in [-0.1, -0.05) is 0 Å². The van der Waals surface area contributed by atoms with Gasteiger partial charge in [-0.3, -0.25) is 4.79 Å². The van der Waals surface area contributed by atoms with Crippen LogP contribution >= 0.6 is 0 Å². The lowest BCUT2D eigenvalue weighted by Gasteiger charge is -2.05. The summed E-state index contributed by atoms with van der Waals surface area (Å²) in [5, 5.41) is 22.9. The highest BCUT2D eigenvalue weighted by molar-refractivity contribution is 5.66. The second-order valence-corrected chi connectivity index (χ2v) is 3.65. The Morgan fingerprint density at radius 1 is 1.75 bits per heavy atom. The van der Waals surface area contributed by atoms with E-state index in [1.165, 1.54) is 4.68 Å². The maximum atomic E-state index is 10.6. The summed E-state index contributed by atoms with van der Waals surface area (Å²) in [5.41, 5.74) is 0.479. The molecule has 1 atom stereocenters. The van der Waals surface area contributed by atoms with Crippen LogP contribution < -0.4 is 0 Å². The highest BCUT2D eigenvalue weighted by atomic mass is 16.6. The molecule has 0 spiro atoms. The Morgan fingerprint density at radius 3 is 2.81 bits per heavy atom. The average Bonchev–Trinajstić information content (AvgIpc) is 2.56. The molecule has 0 saturated carbocycles. The zero-order valence-corrected chi connectivity index (χ0v) is 9.08. The van der Waals surface area contributed by atoms with Crippen molar-refractivity contribution in [1.82, 2.24) is 9.78 Å². The summed E-state index contributed by atoms with van der Waals surface area (Å²) in [6, 6.07) is -0.163. The molecule has 1 N–H and O–H groups in total. The third kappa shape index (κ3) is 2.78. The van der Waals surface area contributed by atoms with Crippen molar-refractivity contribution in [2.75, 3.05) is 0 Å². The van der Waals surface area contributed by atoms with Crippen LogP contribution in [0.4, 0.5) is 5.82 Å². The van der Waals surface area contributed by atoms with Crippen LogP contribution in [0, 0.1) is 17.0 Å². The van der Waals surface area contributed by atoms with Crippen molar-refractivity contribution in [3.8, 4) is 0 Å². The summed E-state index contributed by atoms with van der Waals surface area (Å²) < 4.78 is 1.44. The molecule has 1 aromatic rings. The van der Waals surface area contributed by atoms with E-state index in [1.807, 2.05) is 0 Å². The monoisotopic (exact) mass is 227 g/mol. The molecule has 0 fully saturated rings. The van der Waals surface area contributed by atoms with Gasteiger partial charge in [-0.05, 0) is 25.2 Å². The summed E-state index contributed by atoms with van der Waals surface area (Å²) in [5.74, 6) is -1.06. The third-order valence-electron chi connectivity index (χ3n) is 2.29. The number of nitrogens with zero attached hydrogens (tertiary/aromatic N) is 3. The highest BCUT2D eigenvalue weighted by Crippen LogP contribution is 2.19. The van der Waals surface area contributed by atoms with Crippen LogP contribution in [-0.2, 0) is 4.79 Å². The molecule has 1 aromatic heterocycles.